The Morgan fingerprint density at radius 2 is 2.12 bits per heavy atom. The van der Waals surface area contributed by atoms with Crippen molar-refractivity contribution in [2.24, 2.45) is 0 Å². The van der Waals surface area contributed by atoms with Gasteiger partial charge in [-0.25, -0.2) is 0 Å². The van der Waals surface area contributed by atoms with E-state index in [-0.39, 0.29) is 11.9 Å². The van der Waals surface area contributed by atoms with Crippen molar-refractivity contribution < 1.29 is 14.3 Å². The molecule has 1 aromatic carbocycles. The minimum absolute atomic E-state index is 0.285. The van der Waals surface area contributed by atoms with E-state index in [1.54, 1.807) is 18.2 Å². The first-order valence-electron chi connectivity index (χ1n) is 8.37. The summed E-state index contributed by atoms with van der Waals surface area (Å²) >= 11 is 6.24. The van der Waals surface area contributed by atoms with E-state index in [1.165, 1.54) is 0 Å². The average molecular weight is 363 g/mol. The maximum atomic E-state index is 12.5. The van der Waals surface area contributed by atoms with Gasteiger partial charge in [-0.2, -0.15) is 5.10 Å². The highest BCUT2D eigenvalue weighted by atomic mass is 35.5. The molecule has 0 spiro atoms. The molecule has 8 heteroatoms. The molecule has 1 atom stereocenters. The molecule has 1 saturated heterocycles. The largest absolute Gasteiger partial charge is 0.486 e. The standard InChI is InChI=1S/C17H19ClN4O3/c18-12-8-15-16(25-7-6-24-15)9-14(12)20-17(23)13-3-5-22(21-13)11-2-1-4-19-10-11/h3,5,8-9,11,19H,1-2,4,6-7,10H2,(H,20,23). The van der Waals surface area contributed by atoms with Crippen molar-refractivity contribution in [2.45, 2.75) is 18.9 Å². The fraction of sp³-hybridized carbons (Fsp3) is 0.412. The van der Waals surface area contributed by atoms with E-state index in [0.29, 0.717) is 41.1 Å². The zero-order valence-electron chi connectivity index (χ0n) is 13.6. The number of carbonyl (C=O) groups excluding carboxylic acids is 1. The highest BCUT2D eigenvalue weighted by Crippen LogP contribution is 2.38. The predicted octanol–water partition coefficient (Wildman–Crippen LogP) is 2.48. The molecule has 0 aliphatic carbocycles. The molecule has 0 saturated carbocycles. The maximum absolute atomic E-state index is 12.5. The molecule has 1 unspecified atom stereocenters. The van der Waals surface area contributed by atoms with Gasteiger partial charge in [0.05, 0.1) is 16.8 Å². The van der Waals surface area contributed by atoms with Crippen LogP contribution in [0.15, 0.2) is 24.4 Å². The van der Waals surface area contributed by atoms with E-state index >= 15 is 0 Å². The molecule has 2 aliphatic rings. The van der Waals surface area contributed by atoms with Gasteiger partial charge < -0.3 is 20.1 Å². The van der Waals surface area contributed by atoms with Gasteiger partial charge in [-0.3, -0.25) is 9.48 Å². The molecular formula is C17H19ClN4O3. The third kappa shape index (κ3) is 3.43. The Balaban J connectivity index is 1.49. The molecule has 2 aromatic rings. The molecule has 1 aromatic heterocycles. The van der Waals surface area contributed by atoms with Crippen LogP contribution >= 0.6 is 11.6 Å². The summed E-state index contributed by atoms with van der Waals surface area (Å²) in [6.45, 7) is 2.87. The second kappa shape index (κ2) is 6.93. The second-order valence-corrected chi connectivity index (χ2v) is 6.52. The lowest BCUT2D eigenvalue weighted by atomic mass is 10.1. The SMILES string of the molecule is O=C(Nc1cc2c(cc1Cl)OCCO2)c1ccn(C2CCCNC2)n1. The summed E-state index contributed by atoms with van der Waals surface area (Å²) in [6.07, 6.45) is 4.01. The normalized spacial score (nSPS) is 19.5. The van der Waals surface area contributed by atoms with Crippen LogP contribution in [0.2, 0.25) is 5.02 Å². The monoisotopic (exact) mass is 362 g/mol. The summed E-state index contributed by atoms with van der Waals surface area (Å²) in [5.41, 5.74) is 0.835. The molecule has 25 heavy (non-hydrogen) atoms. The van der Waals surface area contributed by atoms with Crippen LogP contribution in [0.25, 0.3) is 0 Å². The molecule has 0 bridgehead atoms. The molecule has 2 N–H and O–H groups in total. The van der Waals surface area contributed by atoms with E-state index in [4.69, 9.17) is 21.1 Å². The van der Waals surface area contributed by atoms with Crippen molar-refractivity contribution in [2.75, 3.05) is 31.6 Å². The van der Waals surface area contributed by atoms with Gasteiger partial charge in [-0.05, 0) is 25.5 Å². The molecule has 0 radical (unpaired) electrons. The Kier molecular flexibility index (Phi) is 4.50. The zero-order chi connectivity index (χ0) is 17.2. The molecule has 1 fully saturated rings. The van der Waals surface area contributed by atoms with Crippen LogP contribution in [0.1, 0.15) is 29.4 Å². The quantitative estimate of drug-likeness (QED) is 0.877. The topological polar surface area (TPSA) is 77.4 Å². The molecular weight excluding hydrogens is 344 g/mol. The number of nitrogens with zero attached hydrogens (tertiary/aromatic N) is 2. The van der Waals surface area contributed by atoms with Crippen LogP contribution in [0.5, 0.6) is 11.5 Å². The van der Waals surface area contributed by atoms with Gasteiger partial charge in [0.1, 0.15) is 13.2 Å². The van der Waals surface area contributed by atoms with Crippen LogP contribution in [0, 0.1) is 0 Å². The zero-order valence-corrected chi connectivity index (χ0v) is 14.4. The Morgan fingerprint density at radius 3 is 2.88 bits per heavy atom. The molecule has 132 valence electrons. The first-order valence-corrected chi connectivity index (χ1v) is 8.75. The van der Waals surface area contributed by atoms with Crippen LogP contribution in [0.4, 0.5) is 5.69 Å². The molecule has 1 amide bonds. The first-order chi connectivity index (χ1) is 12.2. The van der Waals surface area contributed by atoms with Crippen LogP contribution < -0.4 is 20.1 Å². The number of hydrogen-bond donors (Lipinski definition) is 2. The number of hydrogen-bond acceptors (Lipinski definition) is 5. The Bertz CT molecular complexity index is 786. The summed E-state index contributed by atoms with van der Waals surface area (Å²) in [4.78, 5) is 12.5. The third-order valence-corrected chi connectivity index (χ3v) is 4.68. The first kappa shape index (κ1) is 16.2. The van der Waals surface area contributed by atoms with Gasteiger partial charge >= 0.3 is 0 Å². The van der Waals surface area contributed by atoms with Gasteiger partial charge in [-0.15, -0.1) is 0 Å². The number of piperidine rings is 1. The van der Waals surface area contributed by atoms with Crippen LogP contribution in [-0.4, -0.2) is 42.0 Å². The minimum atomic E-state index is -0.305. The van der Waals surface area contributed by atoms with E-state index in [9.17, 15) is 4.79 Å². The Morgan fingerprint density at radius 1 is 1.32 bits per heavy atom. The summed E-state index contributed by atoms with van der Waals surface area (Å²) in [5, 5.41) is 10.9. The average Bonchev–Trinajstić information content (AvgIpc) is 3.13. The van der Waals surface area contributed by atoms with E-state index in [2.05, 4.69) is 15.7 Å². The summed E-state index contributed by atoms with van der Waals surface area (Å²) in [6, 6.07) is 5.33. The number of amides is 1. The lowest BCUT2D eigenvalue weighted by Gasteiger charge is -2.22. The van der Waals surface area contributed by atoms with E-state index in [0.717, 1.165) is 25.9 Å². The fourth-order valence-electron chi connectivity index (χ4n) is 3.07. The van der Waals surface area contributed by atoms with Crippen molar-refractivity contribution in [1.82, 2.24) is 15.1 Å². The van der Waals surface area contributed by atoms with E-state index < -0.39 is 0 Å². The number of rotatable bonds is 3. The van der Waals surface area contributed by atoms with Crippen molar-refractivity contribution in [1.29, 1.82) is 0 Å². The number of aromatic nitrogens is 2. The maximum Gasteiger partial charge on any atom is 0.276 e. The molecule has 2 aliphatic heterocycles. The number of fused-ring (bicyclic) bond motifs is 1. The van der Waals surface area contributed by atoms with Gasteiger partial charge in [-0.1, -0.05) is 11.6 Å². The fourth-order valence-corrected chi connectivity index (χ4v) is 3.27. The van der Waals surface area contributed by atoms with Crippen LogP contribution in [-0.2, 0) is 0 Å². The van der Waals surface area contributed by atoms with Gasteiger partial charge in [0.2, 0.25) is 0 Å². The predicted molar refractivity (Wildman–Crippen MR) is 93.8 cm³/mol. The molecule has 7 nitrogen and oxygen atoms in total. The van der Waals surface area contributed by atoms with Gasteiger partial charge in [0.15, 0.2) is 17.2 Å². The number of benzene rings is 1. The molecule has 3 heterocycles. The Hall–Kier alpha value is -2.25. The smallest absolute Gasteiger partial charge is 0.276 e. The van der Waals surface area contributed by atoms with Gasteiger partial charge in [0, 0.05) is 24.9 Å². The molecule has 4 rings (SSSR count). The number of nitrogens with one attached hydrogen (secondary N) is 2. The highest BCUT2D eigenvalue weighted by Gasteiger charge is 2.20. The number of halogens is 1. The number of anilines is 1. The highest BCUT2D eigenvalue weighted by molar-refractivity contribution is 6.34. The van der Waals surface area contributed by atoms with Crippen molar-refractivity contribution in [3.8, 4) is 11.5 Å². The van der Waals surface area contributed by atoms with Crippen molar-refractivity contribution in [3.05, 3.63) is 35.1 Å². The number of ether oxygens (including phenoxy) is 2. The van der Waals surface area contributed by atoms with Crippen molar-refractivity contribution in [3.63, 3.8) is 0 Å². The third-order valence-electron chi connectivity index (χ3n) is 4.37. The minimum Gasteiger partial charge on any atom is -0.486 e. The lowest BCUT2D eigenvalue weighted by Crippen LogP contribution is -2.32. The summed E-state index contributed by atoms with van der Waals surface area (Å²) < 4.78 is 12.9. The van der Waals surface area contributed by atoms with Crippen molar-refractivity contribution >= 4 is 23.2 Å². The van der Waals surface area contributed by atoms with E-state index in [1.807, 2.05) is 10.9 Å². The van der Waals surface area contributed by atoms with Crippen LogP contribution in [0.3, 0.4) is 0 Å². The number of carbonyl (C=O) groups is 1. The van der Waals surface area contributed by atoms with Gasteiger partial charge in [0.25, 0.3) is 5.91 Å². The summed E-state index contributed by atoms with van der Waals surface area (Å²) in [7, 11) is 0. The summed E-state index contributed by atoms with van der Waals surface area (Å²) in [5.74, 6) is 0.856. The Labute approximate surface area is 150 Å². The lowest BCUT2D eigenvalue weighted by molar-refractivity contribution is 0.102. The second-order valence-electron chi connectivity index (χ2n) is 6.11.